The van der Waals surface area contributed by atoms with Crippen LogP contribution in [0.4, 0.5) is 0 Å². The molecule has 0 aliphatic carbocycles. The second kappa shape index (κ2) is 3.62. The molecule has 0 bridgehead atoms. The molecule has 3 heteroatoms. The minimum absolute atomic E-state index is 0.194. The predicted molar refractivity (Wildman–Crippen MR) is 53.1 cm³/mol. The molecule has 0 amide bonds. The first-order chi connectivity index (χ1) is 6.04. The van der Waals surface area contributed by atoms with E-state index in [9.17, 15) is 4.79 Å². The highest BCUT2D eigenvalue weighted by Crippen LogP contribution is 2.26. The summed E-state index contributed by atoms with van der Waals surface area (Å²) < 4.78 is 0. The Labute approximate surface area is 81.5 Å². The number of halogens is 1. The molecule has 0 atom stereocenters. The lowest BCUT2D eigenvalue weighted by atomic mass is 10.0. The van der Waals surface area contributed by atoms with Crippen LogP contribution in [0.1, 0.15) is 22.8 Å². The standard InChI is InChI=1S/C10H9ClO2/c1-6(2)9-7(10(12)13)4-3-5-8(9)11/h3-5H,1H2,2H3,(H,12,13). The number of carbonyl (C=O) groups is 1. The quantitative estimate of drug-likeness (QED) is 0.790. The van der Waals surface area contributed by atoms with Gasteiger partial charge in [-0.1, -0.05) is 24.2 Å². The Kier molecular flexibility index (Phi) is 2.73. The number of carboxylic acids is 1. The van der Waals surface area contributed by atoms with Crippen molar-refractivity contribution in [3.8, 4) is 0 Å². The lowest BCUT2D eigenvalue weighted by Gasteiger charge is -2.06. The van der Waals surface area contributed by atoms with Crippen LogP contribution in [-0.4, -0.2) is 11.1 Å². The molecule has 68 valence electrons. The van der Waals surface area contributed by atoms with Crippen LogP contribution in [0.25, 0.3) is 5.57 Å². The molecule has 0 aliphatic heterocycles. The van der Waals surface area contributed by atoms with E-state index in [4.69, 9.17) is 16.7 Å². The molecule has 1 aromatic carbocycles. The molecule has 0 saturated carbocycles. The molecule has 0 unspecified atom stereocenters. The summed E-state index contributed by atoms with van der Waals surface area (Å²) in [6.45, 7) is 5.41. The van der Waals surface area contributed by atoms with Crippen molar-refractivity contribution in [1.82, 2.24) is 0 Å². The fourth-order valence-corrected chi connectivity index (χ4v) is 1.47. The smallest absolute Gasteiger partial charge is 0.336 e. The van der Waals surface area contributed by atoms with Gasteiger partial charge in [0.1, 0.15) is 0 Å². The third kappa shape index (κ3) is 1.90. The zero-order valence-corrected chi connectivity index (χ0v) is 7.93. The molecule has 1 rings (SSSR count). The van der Waals surface area contributed by atoms with Gasteiger partial charge in [0.2, 0.25) is 0 Å². The van der Waals surface area contributed by atoms with Gasteiger partial charge in [-0.05, 0) is 24.6 Å². The summed E-state index contributed by atoms with van der Waals surface area (Å²) in [6, 6.07) is 4.77. The maximum Gasteiger partial charge on any atom is 0.336 e. The second-order valence-electron chi connectivity index (χ2n) is 2.75. The summed E-state index contributed by atoms with van der Waals surface area (Å²) in [6.07, 6.45) is 0. The molecule has 0 aliphatic rings. The van der Waals surface area contributed by atoms with Crippen molar-refractivity contribution in [2.75, 3.05) is 0 Å². The van der Waals surface area contributed by atoms with Crippen LogP contribution in [0.3, 0.4) is 0 Å². The highest BCUT2D eigenvalue weighted by Gasteiger charge is 2.12. The van der Waals surface area contributed by atoms with Crippen LogP contribution in [-0.2, 0) is 0 Å². The van der Waals surface area contributed by atoms with Gasteiger partial charge in [0.25, 0.3) is 0 Å². The average Bonchev–Trinajstić information content (AvgIpc) is 2.02. The Hall–Kier alpha value is -1.28. The first kappa shape index (κ1) is 9.81. The van der Waals surface area contributed by atoms with Crippen molar-refractivity contribution in [3.63, 3.8) is 0 Å². The molecule has 0 heterocycles. The largest absolute Gasteiger partial charge is 0.478 e. The minimum Gasteiger partial charge on any atom is -0.478 e. The Morgan fingerprint density at radius 3 is 2.54 bits per heavy atom. The summed E-state index contributed by atoms with van der Waals surface area (Å²) in [5, 5.41) is 9.26. The SMILES string of the molecule is C=C(C)c1c(Cl)cccc1C(=O)O. The van der Waals surface area contributed by atoms with E-state index in [2.05, 4.69) is 6.58 Å². The molecule has 0 fully saturated rings. The van der Waals surface area contributed by atoms with Crippen LogP contribution in [0.2, 0.25) is 5.02 Å². The molecule has 1 N–H and O–H groups in total. The van der Waals surface area contributed by atoms with Crippen molar-refractivity contribution in [2.45, 2.75) is 6.92 Å². The van der Waals surface area contributed by atoms with Crippen LogP contribution in [0.5, 0.6) is 0 Å². The lowest BCUT2D eigenvalue weighted by molar-refractivity contribution is 0.0696. The van der Waals surface area contributed by atoms with Gasteiger partial charge >= 0.3 is 5.97 Å². The summed E-state index contributed by atoms with van der Waals surface area (Å²) in [7, 11) is 0. The summed E-state index contributed by atoms with van der Waals surface area (Å²) in [5.41, 5.74) is 1.36. The molecule has 1 aromatic rings. The number of rotatable bonds is 2. The van der Waals surface area contributed by atoms with Gasteiger partial charge in [0.15, 0.2) is 0 Å². The van der Waals surface area contributed by atoms with Crippen molar-refractivity contribution < 1.29 is 9.90 Å². The zero-order valence-electron chi connectivity index (χ0n) is 7.17. The van der Waals surface area contributed by atoms with Crippen LogP contribution < -0.4 is 0 Å². The van der Waals surface area contributed by atoms with Gasteiger partial charge in [-0.25, -0.2) is 4.79 Å². The van der Waals surface area contributed by atoms with E-state index in [1.54, 1.807) is 19.1 Å². The molecule has 0 radical (unpaired) electrons. The Bertz CT molecular complexity index is 369. The van der Waals surface area contributed by atoms with E-state index in [0.717, 1.165) is 0 Å². The zero-order chi connectivity index (χ0) is 10.0. The highest BCUT2D eigenvalue weighted by molar-refractivity contribution is 6.33. The third-order valence-corrected chi connectivity index (χ3v) is 1.99. The molecule has 0 aromatic heterocycles. The van der Waals surface area contributed by atoms with Crippen molar-refractivity contribution in [2.24, 2.45) is 0 Å². The summed E-state index contributed by atoms with van der Waals surface area (Å²) >= 11 is 5.84. The number of hydrogen-bond acceptors (Lipinski definition) is 1. The third-order valence-electron chi connectivity index (χ3n) is 1.67. The number of hydrogen-bond donors (Lipinski definition) is 1. The van der Waals surface area contributed by atoms with Gasteiger partial charge in [-0.2, -0.15) is 0 Å². The van der Waals surface area contributed by atoms with E-state index in [1.807, 2.05) is 0 Å². The van der Waals surface area contributed by atoms with E-state index in [0.29, 0.717) is 16.2 Å². The lowest BCUT2D eigenvalue weighted by Crippen LogP contribution is -2.01. The van der Waals surface area contributed by atoms with Gasteiger partial charge in [-0.3, -0.25) is 0 Å². The summed E-state index contributed by atoms with van der Waals surface area (Å²) in [4.78, 5) is 10.8. The molecular formula is C10H9ClO2. The van der Waals surface area contributed by atoms with E-state index in [-0.39, 0.29) is 5.56 Å². The maximum absolute atomic E-state index is 10.8. The van der Waals surface area contributed by atoms with E-state index in [1.165, 1.54) is 6.07 Å². The summed E-state index contributed by atoms with van der Waals surface area (Å²) in [5.74, 6) is -0.986. The van der Waals surface area contributed by atoms with Gasteiger partial charge < -0.3 is 5.11 Å². The average molecular weight is 197 g/mol. The fourth-order valence-electron chi connectivity index (χ4n) is 1.14. The monoisotopic (exact) mass is 196 g/mol. The van der Waals surface area contributed by atoms with E-state index >= 15 is 0 Å². The number of benzene rings is 1. The van der Waals surface area contributed by atoms with Crippen molar-refractivity contribution in [1.29, 1.82) is 0 Å². The second-order valence-corrected chi connectivity index (χ2v) is 3.16. The van der Waals surface area contributed by atoms with Gasteiger partial charge in [-0.15, -0.1) is 0 Å². The van der Waals surface area contributed by atoms with Crippen molar-refractivity contribution >= 4 is 23.1 Å². The normalized spacial score (nSPS) is 9.69. The first-order valence-corrected chi connectivity index (χ1v) is 4.09. The Morgan fingerprint density at radius 1 is 1.54 bits per heavy atom. The Balaban J connectivity index is 3.43. The molecule has 0 saturated heterocycles. The van der Waals surface area contributed by atoms with Gasteiger partial charge in [0, 0.05) is 10.6 Å². The Morgan fingerprint density at radius 2 is 2.15 bits per heavy atom. The molecule has 0 spiro atoms. The first-order valence-electron chi connectivity index (χ1n) is 3.71. The number of aromatic carboxylic acids is 1. The topological polar surface area (TPSA) is 37.3 Å². The van der Waals surface area contributed by atoms with E-state index < -0.39 is 5.97 Å². The van der Waals surface area contributed by atoms with Crippen LogP contribution in [0.15, 0.2) is 24.8 Å². The molecular weight excluding hydrogens is 188 g/mol. The number of allylic oxidation sites excluding steroid dienone is 1. The number of carboxylic acid groups (broad SMARTS) is 1. The molecule has 13 heavy (non-hydrogen) atoms. The van der Waals surface area contributed by atoms with Crippen LogP contribution in [0, 0.1) is 0 Å². The minimum atomic E-state index is -0.986. The fraction of sp³-hybridized carbons (Fsp3) is 0.100. The maximum atomic E-state index is 10.8. The van der Waals surface area contributed by atoms with Crippen molar-refractivity contribution in [3.05, 3.63) is 40.9 Å². The predicted octanol–water partition coefficient (Wildman–Crippen LogP) is 3.07. The van der Waals surface area contributed by atoms with Gasteiger partial charge in [0.05, 0.1) is 5.56 Å². The molecule has 2 nitrogen and oxygen atoms in total. The van der Waals surface area contributed by atoms with Crippen LogP contribution >= 0.6 is 11.6 Å². The highest BCUT2D eigenvalue weighted by atomic mass is 35.5.